The summed E-state index contributed by atoms with van der Waals surface area (Å²) in [5.74, 6) is -0.464. The molecule has 0 saturated carbocycles. The highest BCUT2D eigenvalue weighted by atomic mass is 32.2. The first-order valence-electron chi connectivity index (χ1n) is 8.64. The molecular formula is C21H17N3O3S. The smallest absolute Gasteiger partial charge is 0.239 e. The van der Waals surface area contributed by atoms with Gasteiger partial charge in [0.1, 0.15) is 11.6 Å². The van der Waals surface area contributed by atoms with Crippen molar-refractivity contribution in [2.24, 2.45) is 0 Å². The Hall–Kier alpha value is -3.45. The molecule has 0 spiro atoms. The largest absolute Gasteiger partial charge is 0.338 e. The predicted octanol–water partition coefficient (Wildman–Crippen LogP) is 3.64. The summed E-state index contributed by atoms with van der Waals surface area (Å²) in [5.41, 5.74) is 3.21. The van der Waals surface area contributed by atoms with Crippen molar-refractivity contribution in [1.82, 2.24) is 9.97 Å². The van der Waals surface area contributed by atoms with Crippen LogP contribution in [-0.2, 0) is 14.6 Å². The normalized spacial score (nSPS) is 11.4. The molecule has 7 heteroatoms. The van der Waals surface area contributed by atoms with Crippen LogP contribution in [0.2, 0.25) is 0 Å². The van der Waals surface area contributed by atoms with Gasteiger partial charge in [-0.05, 0) is 48.5 Å². The third-order valence-corrected chi connectivity index (χ3v) is 5.89. The van der Waals surface area contributed by atoms with Gasteiger partial charge in [-0.1, -0.05) is 30.3 Å². The Kier molecular flexibility index (Phi) is 4.67. The van der Waals surface area contributed by atoms with Crippen LogP contribution in [-0.4, -0.2) is 30.0 Å². The topological polar surface area (TPSA) is 91.9 Å². The molecule has 1 heterocycles. The molecule has 0 aliphatic carbocycles. The fourth-order valence-electron chi connectivity index (χ4n) is 2.88. The number of nitrogens with zero attached hydrogens (tertiary/aromatic N) is 1. The van der Waals surface area contributed by atoms with Gasteiger partial charge in [0, 0.05) is 11.3 Å². The second-order valence-corrected chi connectivity index (χ2v) is 8.29. The number of hydrogen-bond acceptors (Lipinski definition) is 4. The molecule has 0 radical (unpaired) electrons. The van der Waals surface area contributed by atoms with E-state index in [1.165, 1.54) is 12.1 Å². The van der Waals surface area contributed by atoms with E-state index in [0.29, 0.717) is 5.69 Å². The molecule has 2 N–H and O–H groups in total. The van der Waals surface area contributed by atoms with Gasteiger partial charge in [-0.25, -0.2) is 13.4 Å². The molecule has 4 aromatic rings. The van der Waals surface area contributed by atoms with Gasteiger partial charge in [-0.3, -0.25) is 4.79 Å². The maximum atomic E-state index is 12.3. The fourth-order valence-corrected chi connectivity index (χ4v) is 4.04. The van der Waals surface area contributed by atoms with E-state index in [-0.39, 0.29) is 4.90 Å². The van der Waals surface area contributed by atoms with Crippen LogP contribution in [0.3, 0.4) is 0 Å². The third-order valence-electron chi connectivity index (χ3n) is 4.25. The molecular weight excluding hydrogens is 374 g/mol. The van der Waals surface area contributed by atoms with Crippen molar-refractivity contribution in [3.63, 3.8) is 0 Å². The molecule has 4 rings (SSSR count). The number of rotatable bonds is 5. The van der Waals surface area contributed by atoms with Crippen molar-refractivity contribution in [2.45, 2.75) is 4.90 Å². The fraction of sp³-hybridized carbons (Fsp3) is 0.0476. The number of carbonyl (C=O) groups excluding carboxylic acids is 1. The van der Waals surface area contributed by atoms with E-state index in [1.54, 1.807) is 30.3 Å². The number of hydrogen-bond donors (Lipinski definition) is 2. The van der Waals surface area contributed by atoms with E-state index < -0.39 is 21.5 Å². The average Bonchev–Trinajstić information content (AvgIpc) is 3.13. The molecule has 28 heavy (non-hydrogen) atoms. The molecule has 1 aromatic heterocycles. The Morgan fingerprint density at radius 3 is 2.29 bits per heavy atom. The number of aromatic amines is 1. The Morgan fingerprint density at radius 2 is 1.57 bits per heavy atom. The minimum absolute atomic E-state index is 0.130. The summed E-state index contributed by atoms with van der Waals surface area (Å²) < 4.78 is 24.6. The highest BCUT2D eigenvalue weighted by molar-refractivity contribution is 7.92. The molecule has 0 fully saturated rings. The molecule has 0 aliphatic rings. The van der Waals surface area contributed by atoms with Gasteiger partial charge in [0.25, 0.3) is 0 Å². The zero-order chi connectivity index (χ0) is 19.6. The van der Waals surface area contributed by atoms with Gasteiger partial charge < -0.3 is 10.3 Å². The van der Waals surface area contributed by atoms with Gasteiger partial charge in [0.05, 0.1) is 15.9 Å². The number of amides is 1. The molecule has 0 aliphatic heterocycles. The Bertz CT molecular complexity index is 1200. The molecule has 140 valence electrons. The number of fused-ring (bicyclic) bond motifs is 1. The number of anilines is 1. The van der Waals surface area contributed by atoms with E-state index in [4.69, 9.17) is 0 Å². The van der Waals surface area contributed by atoms with Crippen LogP contribution in [0.15, 0.2) is 83.8 Å². The van der Waals surface area contributed by atoms with Crippen molar-refractivity contribution >= 4 is 32.5 Å². The van der Waals surface area contributed by atoms with Crippen LogP contribution in [0.25, 0.3) is 22.4 Å². The Labute approximate surface area is 162 Å². The number of aromatic nitrogens is 2. The standard InChI is InChI=1S/C21H17N3O3S/c25-20(14-28(26,27)17-6-2-1-3-7-17)22-16-12-10-15(11-13-16)21-23-18-8-4-5-9-19(18)24-21/h1-13H,14H2,(H,22,25)(H,23,24). The van der Waals surface area contributed by atoms with E-state index in [0.717, 1.165) is 22.4 Å². The van der Waals surface area contributed by atoms with Crippen molar-refractivity contribution in [2.75, 3.05) is 11.1 Å². The maximum Gasteiger partial charge on any atom is 0.239 e. The number of benzene rings is 3. The van der Waals surface area contributed by atoms with Crippen LogP contribution >= 0.6 is 0 Å². The molecule has 3 aromatic carbocycles. The lowest BCUT2D eigenvalue weighted by molar-refractivity contribution is -0.113. The number of sulfone groups is 1. The van der Waals surface area contributed by atoms with Crippen LogP contribution < -0.4 is 5.32 Å². The van der Waals surface area contributed by atoms with Gasteiger partial charge in [0.15, 0.2) is 9.84 Å². The summed E-state index contributed by atoms with van der Waals surface area (Å²) in [6.45, 7) is 0. The minimum atomic E-state index is -3.67. The zero-order valence-electron chi connectivity index (χ0n) is 14.8. The lowest BCUT2D eigenvalue weighted by Crippen LogP contribution is -2.22. The highest BCUT2D eigenvalue weighted by Gasteiger charge is 2.19. The SMILES string of the molecule is O=C(CS(=O)(=O)c1ccccc1)Nc1ccc(-c2nc3ccccc3[nH]2)cc1. The van der Waals surface area contributed by atoms with Crippen LogP contribution in [0.1, 0.15) is 0 Å². The molecule has 6 nitrogen and oxygen atoms in total. The number of nitrogens with one attached hydrogen (secondary N) is 2. The van der Waals surface area contributed by atoms with Gasteiger partial charge in [-0.2, -0.15) is 0 Å². The predicted molar refractivity (Wildman–Crippen MR) is 109 cm³/mol. The lowest BCUT2D eigenvalue weighted by atomic mass is 10.2. The summed E-state index contributed by atoms with van der Waals surface area (Å²) in [4.78, 5) is 20.1. The summed E-state index contributed by atoms with van der Waals surface area (Å²) in [6, 6.07) is 22.7. The van der Waals surface area contributed by atoms with Crippen molar-refractivity contribution < 1.29 is 13.2 Å². The number of carbonyl (C=O) groups is 1. The monoisotopic (exact) mass is 391 g/mol. The first kappa shape index (κ1) is 17.9. The summed E-state index contributed by atoms with van der Waals surface area (Å²) >= 11 is 0. The van der Waals surface area contributed by atoms with Crippen molar-refractivity contribution in [3.05, 3.63) is 78.9 Å². The van der Waals surface area contributed by atoms with E-state index >= 15 is 0 Å². The third kappa shape index (κ3) is 3.79. The summed E-state index contributed by atoms with van der Waals surface area (Å²) in [7, 11) is -3.67. The average molecular weight is 391 g/mol. The Morgan fingerprint density at radius 1 is 0.893 bits per heavy atom. The highest BCUT2D eigenvalue weighted by Crippen LogP contribution is 2.22. The second-order valence-electron chi connectivity index (χ2n) is 6.30. The van der Waals surface area contributed by atoms with Crippen LogP contribution in [0.4, 0.5) is 5.69 Å². The summed E-state index contributed by atoms with van der Waals surface area (Å²) in [6.07, 6.45) is 0. The van der Waals surface area contributed by atoms with Gasteiger partial charge in [-0.15, -0.1) is 0 Å². The zero-order valence-corrected chi connectivity index (χ0v) is 15.6. The first-order valence-corrected chi connectivity index (χ1v) is 10.3. The molecule has 0 unspecified atom stereocenters. The molecule has 0 bridgehead atoms. The number of para-hydroxylation sites is 2. The van der Waals surface area contributed by atoms with Crippen LogP contribution in [0.5, 0.6) is 0 Å². The number of imidazole rings is 1. The van der Waals surface area contributed by atoms with E-state index in [9.17, 15) is 13.2 Å². The second kappa shape index (κ2) is 7.28. The van der Waals surface area contributed by atoms with Crippen LogP contribution in [0, 0.1) is 0 Å². The molecule has 0 atom stereocenters. The van der Waals surface area contributed by atoms with Crippen molar-refractivity contribution in [1.29, 1.82) is 0 Å². The van der Waals surface area contributed by atoms with Gasteiger partial charge in [0.2, 0.25) is 5.91 Å². The molecule has 0 saturated heterocycles. The molecule has 1 amide bonds. The van der Waals surface area contributed by atoms with E-state index in [1.807, 2.05) is 36.4 Å². The maximum absolute atomic E-state index is 12.3. The van der Waals surface area contributed by atoms with E-state index in [2.05, 4.69) is 15.3 Å². The van der Waals surface area contributed by atoms with Gasteiger partial charge >= 0.3 is 0 Å². The minimum Gasteiger partial charge on any atom is -0.338 e. The summed E-state index contributed by atoms with van der Waals surface area (Å²) in [5, 5.41) is 2.62. The lowest BCUT2D eigenvalue weighted by Gasteiger charge is -2.07. The van der Waals surface area contributed by atoms with Crippen molar-refractivity contribution in [3.8, 4) is 11.4 Å². The quantitative estimate of drug-likeness (QED) is 0.543. The first-order chi connectivity index (χ1) is 13.5. The number of H-pyrrole nitrogens is 1. The Balaban J connectivity index is 1.46.